The van der Waals surface area contributed by atoms with Crippen molar-refractivity contribution in [2.45, 2.75) is 13.8 Å². The van der Waals surface area contributed by atoms with E-state index in [9.17, 15) is 0 Å². The molecule has 20 heavy (non-hydrogen) atoms. The fourth-order valence-corrected chi connectivity index (χ4v) is 2.47. The van der Waals surface area contributed by atoms with Crippen molar-refractivity contribution in [1.29, 1.82) is 0 Å². The molecule has 100 valence electrons. The van der Waals surface area contributed by atoms with Crippen LogP contribution in [-0.4, -0.2) is 14.8 Å². The summed E-state index contributed by atoms with van der Waals surface area (Å²) in [6.07, 6.45) is 3.49. The van der Waals surface area contributed by atoms with E-state index >= 15 is 0 Å². The third-order valence-corrected chi connectivity index (χ3v) is 3.42. The number of nitrogen functional groups attached to an aromatic ring is 1. The fourth-order valence-electron chi connectivity index (χ4n) is 2.47. The first-order valence-corrected chi connectivity index (χ1v) is 6.50. The van der Waals surface area contributed by atoms with Gasteiger partial charge in [-0.1, -0.05) is 18.2 Å². The molecule has 2 N–H and O–H groups in total. The van der Waals surface area contributed by atoms with Gasteiger partial charge in [0.25, 0.3) is 0 Å². The van der Waals surface area contributed by atoms with Gasteiger partial charge in [-0.2, -0.15) is 5.10 Å². The van der Waals surface area contributed by atoms with Crippen LogP contribution in [0.4, 0.5) is 5.69 Å². The Hall–Kier alpha value is -2.62. The van der Waals surface area contributed by atoms with Gasteiger partial charge < -0.3 is 5.73 Å². The number of pyridine rings is 1. The standard InChI is InChI=1S/C16H16N4/c1-11-16(14-10-18-9-8-15(14)17)12(2)20(19-11)13-6-4-3-5-7-13/h3-10H,1-2H3,(H2,17,18). The summed E-state index contributed by atoms with van der Waals surface area (Å²) in [5, 5.41) is 4.63. The molecule has 3 rings (SSSR count). The third kappa shape index (κ3) is 1.95. The van der Waals surface area contributed by atoms with Crippen molar-refractivity contribution in [3.63, 3.8) is 0 Å². The molecule has 0 unspecified atom stereocenters. The zero-order valence-corrected chi connectivity index (χ0v) is 11.5. The molecule has 0 radical (unpaired) electrons. The van der Waals surface area contributed by atoms with Crippen LogP contribution in [0.1, 0.15) is 11.4 Å². The lowest BCUT2D eigenvalue weighted by Crippen LogP contribution is -1.99. The molecule has 0 aliphatic heterocycles. The highest BCUT2D eigenvalue weighted by Gasteiger charge is 2.16. The van der Waals surface area contributed by atoms with Crippen LogP contribution in [-0.2, 0) is 0 Å². The van der Waals surface area contributed by atoms with E-state index in [1.807, 2.05) is 48.0 Å². The lowest BCUT2D eigenvalue weighted by molar-refractivity contribution is 0.834. The molecule has 3 aromatic rings. The Kier molecular flexibility index (Phi) is 2.99. The summed E-state index contributed by atoms with van der Waals surface area (Å²) in [7, 11) is 0. The Labute approximate surface area is 117 Å². The highest BCUT2D eigenvalue weighted by molar-refractivity contribution is 5.78. The van der Waals surface area contributed by atoms with Crippen molar-refractivity contribution in [2.75, 3.05) is 5.73 Å². The lowest BCUT2D eigenvalue weighted by atomic mass is 10.0. The van der Waals surface area contributed by atoms with E-state index < -0.39 is 0 Å². The highest BCUT2D eigenvalue weighted by Crippen LogP contribution is 2.31. The van der Waals surface area contributed by atoms with Crippen LogP contribution in [0.25, 0.3) is 16.8 Å². The van der Waals surface area contributed by atoms with Gasteiger partial charge in [0.1, 0.15) is 0 Å². The van der Waals surface area contributed by atoms with Gasteiger partial charge in [0, 0.05) is 34.9 Å². The monoisotopic (exact) mass is 264 g/mol. The largest absolute Gasteiger partial charge is 0.398 e. The first-order valence-electron chi connectivity index (χ1n) is 6.50. The molecule has 0 saturated heterocycles. The number of hydrogen-bond acceptors (Lipinski definition) is 3. The molecular formula is C16H16N4. The summed E-state index contributed by atoms with van der Waals surface area (Å²) >= 11 is 0. The number of aryl methyl sites for hydroxylation is 1. The normalized spacial score (nSPS) is 10.7. The molecule has 4 nitrogen and oxygen atoms in total. The Morgan fingerprint density at radius 2 is 1.80 bits per heavy atom. The summed E-state index contributed by atoms with van der Waals surface area (Å²) < 4.78 is 1.94. The molecular weight excluding hydrogens is 248 g/mol. The number of aromatic nitrogens is 3. The fraction of sp³-hybridized carbons (Fsp3) is 0.125. The molecule has 0 atom stereocenters. The van der Waals surface area contributed by atoms with Crippen LogP contribution in [0.2, 0.25) is 0 Å². The van der Waals surface area contributed by atoms with Gasteiger partial charge in [-0.05, 0) is 32.0 Å². The molecule has 0 amide bonds. The molecule has 1 aromatic carbocycles. The summed E-state index contributed by atoms with van der Waals surface area (Å²) in [5.41, 5.74) is 11.8. The predicted molar refractivity (Wildman–Crippen MR) is 80.7 cm³/mol. The summed E-state index contributed by atoms with van der Waals surface area (Å²) in [5.74, 6) is 0. The maximum absolute atomic E-state index is 6.06. The second-order valence-electron chi connectivity index (χ2n) is 4.76. The van der Waals surface area contributed by atoms with Crippen LogP contribution < -0.4 is 5.73 Å². The molecule has 2 heterocycles. The van der Waals surface area contributed by atoms with Gasteiger partial charge in [0.05, 0.1) is 11.4 Å². The minimum absolute atomic E-state index is 0.721. The van der Waals surface area contributed by atoms with Crippen LogP contribution >= 0.6 is 0 Å². The maximum atomic E-state index is 6.06. The quantitative estimate of drug-likeness (QED) is 0.773. The number of hydrogen-bond donors (Lipinski definition) is 1. The minimum atomic E-state index is 0.721. The molecule has 2 aromatic heterocycles. The van der Waals surface area contributed by atoms with Gasteiger partial charge in [-0.15, -0.1) is 0 Å². The first kappa shape index (κ1) is 12.4. The average molecular weight is 264 g/mol. The Balaban J connectivity index is 2.20. The van der Waals surface area contributed by atoms with E-state index in [2.05, 4.69) is 17.0 Å². The van der Waals surface area contributed by atoms with Gasteiger partial charge in [-0.25, -0.2) is 4.68 Å². The molecule has 4 heteroatoms. The molecule has 0 spiro atoms. The zero-order valence-electron chi connectivity index (χ0n) is 11.5. The van der Waals surface area contributed by atoms with E-state index in [0.29, 0.717) is 0 Å². The summed E-state index contributed by atoms with van der Waals surface area (Å²) in [6.45, 7) is 4.04. The van der Waals surface area contributed by atoms with E-state index in [1.54, 1.807) is 12.4 Å². The lowest BCUT2D eigenvalue weighted by Gasteiger charge is -2.07. The Morgan fingerprint density at radius 3 is 2.50 bits per heavy atom. The van der Waals surface area contributed by atoms with E-state index in [4.69, 9.17) is 5.73 Å². The summed E-state index contributed by atoms with van der Waals surface area (Å²) in [4.78, 5) is 4.17. The van der Waals surface area contributed by atoms with Crippen LogP contribution in [0, 0.1) is 13.8 Å². The van der Waals surface area contributed by atoms with Crippen LogP contribution in [0.15, 0.2) is 48.8 Å². The van der Waals surface area contributed by atoms with E-state index in [1.165, 1.54) is 0 Å². The number of benzene rings is 1. The SMILES string of the molecule is Cc1nn(-c2ccccc2)c(C)c1-c1cnccc1N. The Bertz CT molecular complexity index is 744. The third-order valence-electron chi connectivity index (χ3n) is 3.42. The smallest absolute Gasteiger partial charge is 0.0680 e. The van der Waals surface area contributed by atoms with Crippen molar-refractivity contribution in [2.24, 2.45) is 0 Å². The zero-order chi connectivity index (χ0) is 14.1. The first-order chi connectivity index (χ1) is 9.68. The Morgan fingerprint density at radius 1 is 1.05 bits per heavy atom. The number of nitrogens with zero attached hydrogens (tertiary/aromatic N) is 3. The maximum Gasteiger partial charge on any atom is 0.0680 e. The van der Waals surface area contributed by atoms with Crippen molar-refractivity contribution in [1.82, 2.24) is 14.8 Å². The van der Waals surface area contributed by atoms with Gasteiger partial charge in [-0.3, -0.25) is 4.98 Å². The van der Waals surface area contributed by atoms with Gasteiger partial charge in [0.15, 0.2) is 0 Å². The average Bonchev–Trinajstić information content (AvgIpc) is 2.76. The second kappa shape index (κ2) is 4.81. The van der Waals surface area contributed by atoms with Crippen molar-refractivity contribution >= 4 is 5.69 Å². The van der Waals surface area contributed by atoms with Crippen molar-refractivity contribution < 1.29 is 0 Å². The van der Waals surface area contributed by atoms with Crippen LogP contribution in [0.5, 0.6) is 0 Å². The molecule has 0 fully saturated rings. The number of anilines is 1. The summed E-state index contributed by atoms with van der Waals surface area (Å²) in [6, 6.07) is 11.9. The second-order valence-corrected chi connectivity index (χ2v) is 4.76. The van der Waals surface area contributed by atoms with E-state index in [0.717, 1.165) is 33.9 Å². The molecule has 0 saturated carbocycles. The van der Waals surface area contributed by atoms with E-state index in [-0.39, 0.29) is 0 Å². The number of nitrogens with two attached hydrogens (primary N) is 1. The minimum Gasteiger partial charge on any atom is -0.398 e. The van der Waals surface area contributed by atoms with Crippen molar-refractivity contribution in [3.8, 4) is 16.8 Å². The number of para-hydroxylation sites is 1. The predicted octanol–water partition coefficient (Wildman–Crippen LogP) is 3.13. The van der Waals surface area contributed by atoms with Gasteiger partial charge >= 0.3 is 0 Å². The molecule has 0 aliphatic rings. The molecule has 0 aliphatic carbocycles. The van der Waals surface area contributed by atoms with Crippen LogP contribution in [0.3, 0.4) is 0 Å². The highest BCUT2D eigenvalue weighted by atomic mass is 15.3. The topological polar surface area (TPSA) is 56.7 Å². The van der Waals surface area contributed by atoms with Gasteiger partial charge in [0.2, 0.25) is 0 Å². The number of rotatable bonds is 2. The molecule has 0 bridgehead atoms. The van der Waals surface area contributed by atoms with Crippen molar-refractivity contribution in [3.05, 3.63) is 60.2 Å².